The minimum atomic E-state index is -1.99. The molecule has 1 heterocycles. The Kier molecular flexibility index (Phi) is 52.1. The minimum Gasteiger partial charge on any atom is -0.508 e. The normalized spacial score (nSPS) is 16.9. The quantitative estimate of drug-likeness (QED) is 0.0127. The van der Waals surface area contributed by atoms with Gasteiger partial charge in [-0.05, 0) is 164 Å². The van der Waals surface area contributed by atoms with E-state index in [1.165, 1.54) is 67.3 Å². The minimum absolute atomic E-state index is 0.0153. The molecule has 0 aromatic heterocycles. The summed E-state index contributed by atoms with van der Waals surface area (Å²) in [5.74, 6) is -20.6. The number of β-amino-alcohol motifs (C(OH)–C–C–N with tert-alkyl or cyclic N) is 1. The van der Waals surface area contributed by atoms with Crippen molar-refractivity contribution in [1.82, 2.24) is 90.0 Å². The highest BCUT2D eigenvalue weighted by molar-refractivity contribution is 7.81. The van der Waals surface area contributed by atoms with Gasteiger partial charge in [0.2, 0.25) is 94.5 Å². The Hall–Kier alpha value is -12.0. The highest BCUT2D eigenvalue weighted by atomic mass is 32.1. The van der Waals surface area contributed by atoms with E-state index in [-0.39, 0.29) is 140 Å². The summed E-state index contributed by atoms with van der Waals surface area (Å²) in [6, 6.07) is -15.1. The van der Waals surface area contributed by atoms with Crippen LogP contribution >= 0.6 is 25.3 Å². The Balaban J connectivity index is 1.94. The first kappa shape index (κ1) is 119. The molecular formula is C86H144N26O23S2. The lowest BCUT2D eigenvalue weighted by Gasteiger charge is -2.33. The van der Waals surface area contributed by atoms with Gasteiger partial charge in [-0.25, -0.2) is 9.59 Å². The largest absolute Gasteiger partial charge is 0.508 e. The maximum absolute atomic E-state index is 15.0. The number of aliphatic hydroxyl groups excluding tert-OH is 2. The Labute approximate surface area is 806 Å². The van der Waals surface area contributed by atoms with Gasteiger partial charge >= 0.3 is 12.0 Å². The van der Waals surface area contributed by atoms with Crippen molar-refractivity contribution in [1.29, 1.82) is 5.41 Å². The zero-order valence-electron chi connectivity index (χ0n) is 78.8. The molecule has 2 aromatic rings. The number of thiol groups is 2. The van der Waals surface area contributed by atoms with Crippen molar-refractivity contribution in [3.63, 3.8) is 0 Å². The van der Waals surface area contributed by atoms with Crippen molar-refractivity contribution in [3.05, 3.63) is 59.7 Å². The number of nitrogens with zero attached hydrogens (tertiary/aromatic N) is 1. The van der Waals surface area contributed by atoms with E-state index in [2.05, 4.69) is 110 Å². The Morgan fingerprint density at radius 1 is 0.460 bits per heavy atom. The highest BCUT2D eigenvalue weighted by Gasteiger charge is 2.46. The van der Waals surface area contributed by atoms with Gasteiger partial charge in [0, 0.05) is 49.4 Å². The summed E-state index contributed by atoms with van der Waals surface area (Å²) in [4.78, 5) is 254. The number of primary amides is 2. The van der Waals surface area contributed by atoms with Gasteiger partial charge < -0.3 is 161 Å². The number of carboxylic acid groups (broad SMARTS) is 1. The van der Waals surface area contributed by atoms with Crippen molar-refractivity contribution in [2.75, 3.05) is 51.6 Å². The van der Waals surface area contributed by atoms with Gasteiger partial charge in [0.15, 0.2) is 5.96 Å². The molecule has 0 saturated carbocycles. The van der Waals surface area contributed by atoms with Crippen LogP contribution in [0.3, 0.4) is 0 Å². The zero-order chi connectivity index (χ0) is 103. The first-order valence-electron chi connectivity index (χ1n) is 45.4. The Bertz CT molecular complexity index is 4390. The molecule has 51 heteroatoms. The molecule has 1 aliphatic heterocycles. The molecule has 0 aliphatic carbocycles. The molecule has 1 fully saturated rings. The molecule has 49 nitrogen and oxygen atoms in total. The fraction of sp³-hybridized carbons (Fsp3) is 0.640. The number of phenols is 2. The number of nitrogens with two attached hydrogens (primary N) is 8. The molecule has 0 bridgehead atoms. The number of guanidine groups is 1. The second-order valence-corrected chi connectivity index (χ2v) is 36.2. The molecule has 0 spiro atoms. The summed E-state index contributed by atoms with van der Waals surface area (Å²) in [7, 11) is 0. The van der Waals surface area contributed by atoms with E-state index in [4.69, 9.17) is 51.3 Å². The summed E-state index contributed by atoms with van der Waals surface area (Å²) in [5.41, 5.74) is 46.9. The average Bonchev–Trinajstić information content (AvgIpc) is 1.60. The van der Waals surface area contributed by atoms with Gasteiger partial charge in [0.25, 0.3) is 0 Å². The number of carbonyl (C=O) groups is 18. The van der Waals surface area contributed by atoms with E-state index in [1.54, 1.807) is 41.5 Å². The lowest BCUT2D eigenvalue weighted by molar-refractivity contribution is -0.142. The molecule has 20 atom stereocenters. The van der Waals surface area contributed by atoms with Crippen LogP contribution in [-0.2, 0) is 94.3 Å². The first-order valence-corrected chi connectivity index (χ1v) is 46.5. The number of likely N-dealkylation sites (tertiary alicyclic amines) is 1. The van der Waals surface area contributed by atoms with Gasteiger partial charge in [-0.3, -0.25) is 82.1 Å². The van der Waals surface area contributed by atoms with Crippen LogP contribution in [0.4, 0.5) is 4.79 Å². The van der Waals surface area contributed by atoms with Crippen LogP contribution in [-0.4, -0.2) is 308 Å². The summed E-state index contributed by atoms with van der Waals surface area (Å²) in [5, 5.41) is 99.5. The van der Waals surface area contributed by atoms with Crippen LogP contribution < -0.4 is 131 Å². The molecule has 768 valence electrons. The van der Waals surface area contributed by atoms with Crippen molar-refractivity contribution >= 4 is 138 Å². The third-order valence-electron chi connectivity index (χ3n) is 22.7. The van der Waals surface area contributed by atoms with Crippen LogP contribution in [0.1, 0.15) is 163 Å². The van der Waals surface area contributed by atoms with Crippen LogP contribution in [0, 0.1) is 23.2 Å². The summed E-state index contributed by atoms with van der Waals surface area (Å²) < 4.78 is -1.61. The lowest BCUT2D eigenvalue weighted by Crippen LogP contribution is -2.64. The molecule has 137 heavy (non-hydrogen) atoms. The predicted octanol–water partition coefficient (Wildman–Crippen LogP) is -8.43. The Morgan fingerprint density at radius 3 is 1.22 bits per heavy atom. The number of phenolic OH excluding ortho intramolecular Hbond substituents is 2. The number of aliphatic carboxylic acids is 1. The van der Waals surface area contributed by atoms with Gasteiger partial charge in [-0.2, -0.15) is 25.3 Å². The molecule has 1 aliphatic rings. The van der Waals surface area contributed by atoms with Crippen LogP contribution in [0.5, 0.6) is 11.5 Å². The van der Waals surface area contributed by atoms with Gasteiger partial charge in [-0.15, -0.1) is 0 Å². The number of benzene rings is 2. The summed E-state index contributed by atoms with van der Waals surface area (Å²) in [6.07, 6.45) is -5.36. The van der Waals surface area contributed by atoms with E-state index < -0.39 is 257 Å². The number of urea groups is 1. The molecule has 0 radical (unpaired) electrons. The Morgan fingerprint density at radius 2 is 0.818 bits per heavy atom. The summed E-state index contributed by atoms with van der Waals surface area (Å²) in [6.45, 7) is 12.9. The number of unbranched alkanes of at least 4 members (excludes halogenated alkanes) is 1. The number of carboxylic acids is 1. The number of nitrogens with one attached hydrogen (secondary N) is 17. The number of hydrogen-bond acceptors (Lipinski definition) is 30. The molecule has 3 rings (SSSR count). The number of aliphatic hydroxyl groups is 2. The van der Waals surface area contributed by atoms with Crippen molar-refractivity contribution in [2.45, 2.75) is 279 Å². The number of carbonyl (C=O) groups excluding carboxylic acids is 17. The van der Waals surface area contributed by atoms with Gasteiger partial charge in [-0.1, -0.05) is 78.6 Å². The second kappa shape index (κ2) is 59.9. The van der Waals surface area contributed by atoms with Crippen molar-refractivity contribution < 1.29 is 112 Å². The molecule has 38 N–H and O–H groups in total. The fourth-order valence-electron chi connectivity index (χ4n) is 14.2. The van der Waals surface area contributed by atoms with Crippen molar-refractivity contribution in [3.8, 4) is 11.5 Å². The highest BCUT2D eigenvalue weighted by Crippen LogP contribution is 2.25. The van der Waals surface area contributed by atoms with Gasteiger partial charge in [0.1, 0.15) is 102 Å². The van der Waals surface area contributed by atoms with Gasteiger partial charge in [0.05, 0.1) is 24.7 Å². The lowest BCUT2D eigenvalue weighted by atomic mass is 9.94. The zero-order valence-corrected chi connectivity index (χ0v) is 80.5. The predicted molar refractivity (Wildman–Crippen MR) is 508 cm³/mol. The third kappa shape index (κ3) is 41.1. The molecule has 1 saturated heterocycles. The van der Waals surface area contributed by atoms with Crippen LogP contribution in [0.15, 0.2) is 48.5 Å². The fourth-order valence-corrected chi connectivity index (χ4v) is 14.7. The first-order chi connectivity index (χ1) is 64.4. The molecular weight excluding hydrogens is 1830 g/mol. The third-order valence-corrected chi connectivity index (χ3v) is 23.3. The van der Waals surface area contributed by atoms with E-state index in [0.29, 0.717) is 24.0 Å². The topological polar surface area (TPSA) is 836 Å². The maximum atomic E-state index is 15.0. The van der Waals surface area contributed by atoms with Crippen LogP contribution in [0.25, 0.3) is 0 Å². The maximum Gasteiger partial charge on any atom is 0.326 e. The number of hydrogen-bond donors (Lipinski definition) is 32. The standard InChI is InChI=1S/C86H144N26O23S2/c1-10-43(5)64(109-79(129)65(44(6)11-2)108-77(127)61-38-50(116)40-112(61)82(132)63(92)42(3)4)78(128)104-57(36-46-19-23-48(114)24-20-46)75(125)111-67(86(8,9)137)81(131)105-58(39-62(91)117)74(124)100-52(17-14-34-96-84(93)94)68(118)101-56(29-33-90)73(123)110-66(45(7)113)80(130)103-55(28-32-89)72(122)98-51(16-12-13-30-87)70(120)107-60(41-136)76(126)102-54(27-31-88)71(121)99-53(18-15-35-97-85(95)135)69(119)106-59(83(133)134)37-47-21-25-49(115)26-22-47/h19-26,42-45,50-61,63-67,113-116,136-137H,10-18,27-41,87-90,92H2,1-9H3,(H2,91,117)(H,98,122)(H,99,121)(H,100,124)(H,101,118)(H,102,126)(H,103,130)(H,104,128)(H,105,131)(H,106,119)(H,107,120)(H,108,127)(H,109,129)(H,110,123)(H,111,125)(H,133,134)(H4,93,94,96)(H3,95,97,135)/t43-,44-,45+,50+,51-,52-,53-,54-,55+,56-,57-,58-,59-,60-,61-,63-,64-,65-,66-,67+/m0/s1. The monoisotopic (exact) mass is 1970 g/mol. The summed E-state index contributed by atoms with van der Waals surface area (Å²) >= 11 is 8.90. The number of rotatable bonds is 62. The number of amides is 18. The van der Waals surface area contributed by atoms with E-state index in [1.807, 2.05) is 0 Å². The number of aromatic hydroxyl groups is 2. The second-order valence-electron chi connectivity index (χ2n) is 34.7. The van der Waals surface area contributed by atoms with Crippen molar-refractivity contribution in [2.24, 2.45) is 63.6 Å². The smallest absolute Gasteiger partial charge is 0.326 e. The molecule has 0 unspecified atom stereocenters. The SMILES string of the molecule is CC[C@H](C)[C@H](NC(=O)[C@@H](NC(=O)[C@@H]1C[C@@H](O)CN1C(=O)[C@@H](N)C(C)C)[C@@H](C)CC)C(=O)N[C@@H](Cc1ccc(O)cc1)C(=O)N[C@H](C(=O)N[C@@H](CC(N)=O)C(=O)N[C@@H](CCCNC(=N)N)C(=O)N[C@@H](CCN)C(=O)N[C@H](C(=O)N[C@H](CCN)C(=O)N[C@@H](CCCCN)C(=O)N[C@@H](CS)C(=O)N[C@@H](CCN)C(=O)N[C@@H](CCCNC(N)=O)C(=O)N[C@@H](Cc1ccc(O)cc1)C(=O)O)[C@@H](C)O)C(C)(C)S. The van der Waals surface area contributed by atoms with E-state index >= 15 is 0 Å². The molecule has 2 aromatic carbocycles. The average molecular weight is 1970 g/mol. The van der Waals surface area contributed by atoms with E-state index in [0.717, 1.165) is 6.92 Å². The van der Waals surface area contributed by atoms with E-state index in [9.17, 15) is 112 Å². The van der Waals surface area contributed by atoms with Crippen LogP contribution in [0.2, 0.25) is 0 Å². The molecule has 18 amide bonds.